The van der Waals surface area contributed by atoms with Gasteiger partial charge < -0.3 is 5.21 Å². The Morgan fingerprint density at radius 3 is 2.22 bits per heavy atom. The number of aryl methyl sites for hydroxylation is 2. The highest BCUT2D eigenvalue weighted by atomic mass is 19.4. The number of aromatic nitrogens is 3. The minimum atomic E-state index is -4.64. The number of nitrogens with zero attached hydrogens (tertiary/aromatic N) is 3. The van der Waals surface area contributed by atoms with E-state index in [1.807, 2.05) is 0 Å². The molecule has 0 bridgehead atoms. The summed E-state index contributed by atoms with van der Waals surface area (Å²) < 4.78 is 65.8. The molecule has 0 unspecified atom stereocenters. The largest absolute Gasteiger partial charge is 0.618 e. The van der Waals surface area contributed by atoms with Crippen LogP contribution in [0.15, 0.2) is 6.07 Å². The Hall–Kier alpha value is -2.19. The van der Waals surface area contributed by atoms with Gasteiger partial charge in [-0.1, -0.05) is 0 Å². The molecule has 2 aromatic rings. The van der Waals surface area contributed by atoms with Crippen LogP contribution < -0.4 is 4.73 Å². The molecule has 0 amide bonds. The van der Waals surface area contributed by atoms with Gasteiger partial charge in [0.15, 0.2) is 11.4 Å². The minimum Gasteiger partial charge on any atom is -0.618 e. The molecule has 2 rings (SSSR count). The fraction of sp³-hybridized carbons (Fsp3) is 0.429. The zero-order valence-electron chi connectivity index (χ0n) is 12.8. The summed E-state index contributed by atoms with van der Waals surface area (Å²) in [4.78, 5) is 0. The topological polar surface area (TPSA) is 44.8 Å². The molecule has 9 heteroatoms. The molecule has 0 atom stereocenters. The maximum atomic E-state index is 13.0. The molecule has 23 heavy (non-hydrogen) atoms. The van der Waals surface area contributed by atoms with Gasteiger partial charge in [0.25, 0.3) is 6.43 Å². The Morgan fingerprint density at radius 2 is 1.78 bits per heavy atom. The van der Waals surface area contributed by atoms with E-state index >= 15 is 0 Å². The Bertz CT molecular complexity index is 765. The Balaban J connectivity index is 2.77. The highest BCUT2D eigenvalue weighted by molar-refractivity contribution is 5.61. The highest BCUT2D eigenvalue weighted by Crippen LogP contribution is 2.36. The highest BCUT2D eigenvalue weighted by Gasteiger charge is 2.39. The van der Waals surface area contributed by atoms with Crippen LogP contribution in [0.3, 0.4) is 0 Å². The van der Waals surface area contributed by atoms with E-state index in [-0.39, 0.29) is 32.9 Å². The maximum Gasteiger partial charge on any atom is 0.433 e. The van der Waals surface area contributed by atoms with Crippen LogP contribution in [0.25, 0.3) is 11.4 Å². The number of hydrogen-bond acceptors (Lipinski definition) is 2. The predicted octanol–water partition coefficient (Wildman–Crippen LogP) is 3.60. The monoisotopic (exact) mass is 335 g/mol. The first-order valence-corrected chi connectivity index (χ1v) is 6.59. The van der Waals surface area contributed by atoms with E-state index in [0.29, 0.717) is 4.68 Å². The minimum absolute atomic E-state index is 0.135. The summed E-state index contributed by atoms with van der Waals surface area (Å²) in [7, 11) is 1.12. The Kier molecular flexibility index (Phi) is 4.08. The van der Waals surface area contributed by atoms with Gasteiger partial charge in [0, 0.05) is 25.1 Å². The van der Waals surface area contributed by atoms with E-state index in [9.17, 15) is 27.2 Å². The third kappa shape index (κ3) is 2.75. The van der Waals surface area contributed by atoms with Crippen molar-refractivity contribution >= 4 is 0 Å². The molecule has 0 aliphatic heterocycles. The lowest BCUT2D eigenvalue weighted by Gasteiger charge is -2.12. The van der Waals surface area contributed by atoms with E-state index in [1.54, 1.807) is 0 Å². The summed E-state index contributed by atoms with van der Waals surface area (Å²) in [6.07, 6.45) is -7.48. The first kappa shape index (κ1) is 17.2. The molecule has 4 nitrogen and oxygen atoms in total. The van der Waals surface area contributed by atoms with Gasteiger partial charge in [0.1, 0.15) is 5.69 Å². The number of alkyl halides is 5. The second-order valence-electron chi connectivity index (χ2n) is 5.26. The van der Waals surface area contributed by atoms with Gasteiger partial charge in [-0.25, -0.2) is 8.78 Å². The van der Waals surface area contributed by atoms with Crippen molar-refractivity contribution in [1.82, 2.24) is 9.78 Å². The predicted molar refractivity (Wildman–Crippen MR) is 71.8 cm³/mol. The second-order valence-corrected chi connectivity index (χ2v) is 5.26. The fourth-order valence-corrected chi connectivity index (χ4v) is 2.61. The molecule has 0 radical (unpaired) electrons. The first-order valence-electron chi connectivity index (χ1n) is 6.59. The van der Waals surface area contributed by atoms with Crippen LogP contribution in [0, 0.1) is 26.0 Å². The van der Waals surface area contributed by atoms with Crippen molar-refractivity contribution < 1.29 is 26.7 Å². The van der Waals surface area contributed by atoms with Crippen LogP contribution in [-0.2, 0) is 13.2 Å². The molecule has 2 aromatic heterocycles. The van der Waals surface area contributed by atoms with Gasteiger partial charge in [0.05, 0.1) is 5.56 Å². The molecule has 0 N–H and O–H groups in total. The van der Waals surface area contributed by atoms with Crippen LogP contribution in [0.4, 0.5) is 22.0 Å². The van der Waals surface area contributed by atoms with Crippen LogP contribution >= 0.6 is 0 Å². The van der Waals surface area contributed by atoms with Crippen molar-refractivity contribution in [3.8, 4) is 11.4 Å². The van der Waals surface area contributed by atoms with Crippen LogP contribution in [0.1, 0.15) is 34.5 Å². The van der Waals surface area contributed by atoms with E-state index < -0.39 is 23.9 Å². The fourth-order valence-electron chi connectivity index (χ4n) is 2.61. The summed E-state index contributed by atoms with van der Waals surface area (Å²) >= 11 is 0. The average molecular weight is 335 g/mol. The van der Waals surface area contributed by atoms with E-state index in [1.165, 1.54) is 20.8 Å². The molecule has 0 aromatic carbocycles. The molecule has 126 valence electrons. The summed E-state index contributed by atoms with van der Waals surface area (Å²) in [6, 6.07) is 1.10. The molecular formula is C14H14F5N3O. The molecule has 0 fully saturated rings. The van der Waals surface area contributed by atoms with Crippen molar-refractivity contribution in [1.29, 1.82) is 0 Å². The molecule has 0 saturated heterocycles. The summed E-state index contributed by atoms with van der Waals surface area (Å²) in [5, 5.41) is 16.1. The molecule has 0 saturated carbocycles. The van der Waals surface area contributed by atoms with Gasteiger partial charge in [-0.3, -0.25) is 4.68 Å². The number of hydrogen-bond donors (Lipinski definition) is 0. The lowest BCUT2D eigenvalue weighted by atomic mass is 10.0. The van der Waals surface area contributed by atoms with Gasteiger partial charge in [0.2, 0.25) is 5.69 Å². The average Bonchev–Trinajstić information content (AvgIpc) is 2.68. The lowest BCUT2D eigenvalue weighted by Crippen LogP contribution is -2.35. The Labute approximate surface area is 128 Å². The number of rotatable bonds is 2. The normalized spacial score (nSPS) is 12.3. The van der Waals surface area contributed by atoms with Crippen LogP contribution in [0.5, 0.6) is 0 Å². The molecule has 0 aliphatic carbocycles. The van der Waals surface area contributed by atoms with Gasteiger partial charge in [-0.2, -0.15) is 23.0 Å². The van der Waals surface area contributed by atoms with Gasteiger partial charge in [-0.05, 0) is 19.9 Å². The molecular weight excluding hydrogens is 321 g/mol. The Morgan fingerprint density at radius 1 is 1.22 bits per heavy atom. The SMILES string of the molecule is Cc1cc(C(F)F)c(C)[n+]([O-])c1-c1nn(C)c(C(F)(F)F)c1C. The zero-order chi connectivity index (χ0) is 17.7. The summed E-state index contributed by atoms with van der Waals surface area (Å²) in [5.41, 5.74) is -2.12. The van der Waals surface area contributed by atoms with E-state index in [4.69, 9.17) is 0 Å². The second kappa shape index (κ2) is 5.47. The van der Waals surface area contributed by atoms with Crippen molar-refractivity contribution in [2.45, 2.75) is 33.4 Å². The van der Waals surface area contributed by atoms with Gasteiger partial charge in [-0.15, -0.1) is 0 Å². The number of pyridine rings is 1. The van der Waals surface area contributed by atoms with Crippen molar-refractivity contribution in [3.63, 3.8) is 0 Å². The molecule has 0 aliphatic rings. The molecule has 2 heterocycles. The van der Waals surface area contributed by atoms with Gasteiger partial charge >= 0.3 is 6.18 Å². The third-order valence-corrected chi connectivity index (χ3v) is 3.68. The van der Waals surface area contributed by atoms with Crippen molar-refractivity contribution in [2.24, 2.45) is 7.05 Å². The summed E-state index contributed by atoms with van der Waals surface area (Å²) in [5.74, 6) is 0. The van der Waals surface area contributed by atoms with Crippen LogP contribution in [-0.4, -0.2) is 9.78 Å². The zero-order valence-corrected chi connectivity index (χ0v) is 12.8. The summed E-state index contributed by atoms with van der Waals surface area (Å²) in [6.45, 7) is 3.78. The van der Waals surface area contributed by atoms with Crippen molar-refractivity contribution in [2.75, 3.05) is 0 Å². The lowest BCUT2D eigenvalue weighted by molar-refractivity contribution is -0.602. The third-order valence-electron chi connectivity index (χ3n) is 3.68. The number of halogens is 5. The van der Waals surface area contributed by atoms with E-state index in [2.05, 4.69) is 5.10 Å². The van der Waals surface area contributed by atoms with Crippen LogP contribution in [0.2, 0.25) is 0 Å². The maximum absolute atomic E-state index is 13.0. The smallest absolute Gasteiger partial charge is 0.433 e. The van der Waals surface area contributed by atoms with E-state index in [0.717, 1.165) is 13.1 Å². The quantitative estimate of drug-likeness (QED) is 0.478. The molecule has 0 spiro atoms. The van der Waals surface area contributed by atoms with Crippen molar-refractivity contribution in [3.05, 3.63) is 39.4 Å². The first-order chi connectivity index (χ1) is 10.5. The standard InChI is InChI=1S/C14H14F5N3O/c1-6-5-9(13(15)16)8(3)22(23)11(6)10-7(2)12(14(17,18)19)21(4)20-10/h5,13H,1-4H3.